The Labute approximate surface area is 217 Å². The quantitative estimate of drug-likeness (QED) is 0.428. The Balaban J connectivity index is 1.27. The number of nitrogens with one attached hydrogen (secondary N) is 2. The fourth-order valence-electron chi connectivity index (χ4n) is 5.20. The molecule has 0 bridgehead atoms. The van der Waals surface area contributed by atoms with E-state index in [4.69, 9.17) is 4.42 Å². The minimum Gasteiger partial charge on any atom is -0.467 e. The van der Waals surface area contributed by atoms with Gasteiger partial charge in [0.25, 0.3) is 0 Å². The maximum absolute atomic E-state index is 13.3. The van der Waals surface area contributed by atoms with E-state index in [0.717, 1.165) is 31.2 Å². The molecule has 2 fully saturated rings. The van der Waals surface area contributed by atoms with Crippen LogP contribution in [0.4, 0.5) is 4.79 Å². The summed E-state index contributed by atoms with van der Waals surface area (Å²) in [6.07, 6.45) is 7.02. The number of hydrogen-bond donors (Lipinski definition) is 2. The van der Waals surface area contributed by atoms with Crippen molar-refractivity contribution < 1.29 is 23.6 Å². The molecular weight excluding hydrogens is 472 g/mol. The Kier molecular flexibility index (Phi) is 9.35. The highest BCUT2D eigenvalue weighted by Crippen LogP contribution is 2.34. The summed E-state index contributed by atoms with van der Waals surface area (Å²) in [6, 6.07) is 12.8. The second-order valence-electron chi connectivity index (χ2n) is 9.76. The number of unbranched alkanes of at least 4 members (excludes halogenated alkanes) is 1. The standard InChI is InChI=1S/C28H36N4O5/c33-25(30-19-22-11-8-18-37-22)14-6-7-17-31-27(35)23-12-4-5-13-24(23)32(28(31)36)20-26(34)29-16-15-21-9-2-1-3-10-21/h1-3,8-11,18,23-24H,4-7,12-17,19-20H2,(H,29,34)(H,30,33). The van der Waals surface area contributed by atoms with Crippen LogP contribution in [0.25, 0.3) is 0 Å². The average Bonchev–Trinajstić information content (AvgIpc) is 3.44. The van der Waals surface area contributed by atoms with Crippen LogP contribution in [-0.4, -0.2) is 59.2 Å². The molecule has 2 N–H and O–H groups in total. The molecule has 0 radical (unpaired) electrons. The zero-order chi connectivity index (χ0) is 26.0. The van der Waals surface area contributed by atoms with Gasteiger partial charge in [0.1, 0.15) is 12.3 Å². The summed E-state index contributed by atoms with van der Waals surface area (Å²) < 4.78 is 5.21. The second kappa shape index (κ2) is 13.1. The van der Waals surface area contributed by atoms with E-state index in [9.17, 15) is 19.2 Å². The molecule has 1 saturated heterocycles. The summed E-state index contributed by atoms with van der Waals surface area (Å²) >= 11 is 0. The maximum atomic E-state index is 13.3. The van der Waals surface area contributed by atoms with Crippen molar-refractivity contribution >= 4 is 23.8 Å². The molecule has 37 heavy (non-hydrogen) atoms. The van der Waals surface area contributed by atoms with Crippen LogP contribution in [-0.2, 0) is 27.3 Å². The molecule has 198 valence electrons. The van der Waals surface area contributed by atoms with Crippen LogP contribution in [0.15, 0.2) is 53.1 Å². The predicted molar refractivity (Wildman–Crippen MR) is 137 cm³/mol. The molecule has 2 atom stereocenters. The Morgan fingerprint density at radius 2 is 1.76 bits per heavy atom. The van der Waals surface area contributed by atoms with Crippen LogP contribution in [0.3, 0.4) is 0 Å². The van der Waals surface area contributed by atoms with Gasteiger partial charge in [0.15, 0.2) is 0 Å². The zero-order valence-corrected chi connectivity index (χ0v) is 21.2. The zero-order valence-electron chi connectivity index (χ0n) is 21.2. The molecule has 2 heterocycles. The van der Waals surface area contributed by atoms with E-state index in [1.807, 2.05) is 30.3 Å². The van der Waals surface area contributed by atoms with Gasteiger partial charge in [-0.15, -0.1) is 0 Å². The van der Waals surface area contributed by atoms with Gasteiger partial charge in [-0.2, -0.15) is 0 Å². The lowest BCUT2D eigenvalue weighted by Gasteiger charge is -2.46. The number of imide groups is 1. The van der Waals surface area contributed by atoms with Crippen molar-refractivity contribution in [1.29, 1.82) is 0 Å². The van der Waals surface area contributed by atoms with E-state index >= 15 is 0 Å². The van der Waals surface area contributed by atoms with Gasteiger partial charge in [-0.25, -0.2) is 4.79 Å². The molecule has 0 spiro atoms. The maximum Gasteiger partial charge on any atom is 0.327 e. The Bertz CT molecular complexity index is 1060. The number of carbonyl (C=O) groups is 4. The third-order valence-electron chi connectivity index (χ3n) is 7.16. The third-order valence-corrected chi connectivity index (χ3v) is 7.16. The third kappa shape index (κ3) is 7.21. The van der Waals surface area contributed by atoms with Gasteiger partial charge in [0.2, 0.25) is 17.7 Å². The van der Waals surface area contributed by atoms with Gasteiger partial charge in [-0.05, 0) is 49.8 Å². The van der Waals surface area contributed by atoms with Gasteiger partial charge >= 0.3 is 6.03 Å². The highest BCUT2D eigenvalue weighted by atomic mass is 16.3. The van der Waals surface area contributed by atoms with Crippen LogP contribution >= 0.6 is 0 Å². The number of fused-ring (bicyclic) bond motifs is 1. The van der Waals surface area contributed by atoms with Crippen LogP contribution in [0.1, 0.15) is 56.3 Å². The number of benzene rings is 1. The number of hydrogen-bond acceptors (Lipinski definition) is 5. The lowest BCUT2D eigenvalue weighted by Crippen LogP contribution is -2.64. The van der Waals surface area contributed by atoms with Crippen LogP contribution in [0.5, 0.6) is 0 Å². The fourth-order valence-corrected chi connectivity index (χ4v) is 5.20. The van der Waals surface area contributed by atoms with E-state index in [1.165, 1.54) is 4.90 Å². The second-order valence-corrected chi connectivity index (χ2v) is 9.76. The van der Waals surface area contributed by atoms with Gasteiger partial charge < -0.3 is 20.0 Å². The van der Waals surface area contributed by atoms with Crippen molar-refractivity contribution in [2.45, 2.75) is 64.0 Å². The molecule has 1 aliphatic heterocycles. The van der Waals surface area contributed by atoms with Crippen molar-refractivity contribution in [3.8, 4) is 0 Å². The minimum atomic E-state index is -0.395. The molecule has 1 aliphatic carbocycles. The molecule has 1 aromatic carbocycles. The molecule has 2 unspecified atom stereocenters. The largest absolute Gasteiger partial charge is 0.467 e. The topological polar surface area (TPSA) is 112 Å². The number of urea groups is 1. The van der Waals surface area contributed by atoms with Crippen LogP contribution in [0, 0.1) is 5.92 Å². The van der Waals surface area contributed by atoms with E-state index in [-0.39, 0.29) is 42.8 Å². The van der Waals surface area contributed by atoms with Crippen molar-refractivity contribution in [3.63, 3.8) is 0 Å². The van der Waals surface area contributed by atoms with Crippen molar-refractivity contribution in [2.75, 3.05) is 19.6 Å². The van der Waals surface area contributed by atoms with E-state index in [2.05, 4.69) is 10.6 Å². The first-order chi connectivity index (χ1) is 18.0. The number of furan rings is 1. The molecule has 4 rings (SSSR count). The van der Waals surface area contributed by atoms with Crippen molar-refractivity contribution in [1.82, 2.24) is 20.4 Å². The lowest BCUT2D eigenvalue weighted by atomic mass is 9.81. The number of carbonyl (C=O) groups excluding carboxylic acids is 4. The van der Waals surface area contributed by atoms with E-state index in [1.54, 1.807) is 23.3 Å². The Morgan fingerprint density at radius 1 is 0.946 bits per heavy atom. The normalized spacial score (nSPS) is 19.5. The summed E-state index contributed by atoms with van der Waals surface area (Å²) in [6.45, 7) is 1.02. The monoisotopic (exact) mass is 508 g/mol. The van der Waals surface area contributed by atoms with Crippen molar-refractivity contribution in [3.05, 3.63) is 60.1 Å². The summed E-state index contributed by atoms with van der Waals surface area (Å²) in [5.74, 6) is -0.0352. The Hall–Kier alpha value is -3.62. The fraction of sp³-hybridized carbons (Fsp3) is 0.500. The lowest BCUT2D eigenvalue weighted by molar-refractivity contribution is -0.142. The van der Waals surface area contributed by atoms with Gasteiger partial charge in [-0.3, -0.25) is 19.3 Å². The summed E-state index contributed by atoms with van der Waals surface area (Å²) in [7, 11) is 0. The van der Waals surface area contributed by atoms with Crippen LogP contribution < -0.4 is 10.6 Å². The molecule has 9 nitrogen and oxygen atoms in total. The molecule has 1 saturated carbocycles. The van der Waals surface area contributed by atoms with E-state index < -0.39 is 6.03 Å². The molecule has 1 aromatic heterocycles. The predicted octanol–water partition coefficient (Wildman–Crippen LogP) is 3.25. The summed E-state index contributed by atoms with van der Waals surface area (Å²) in [5.41, 5.74) is 1.13. The average molecular weight is 509 g/mol. The Morgan fingerprint density at radius 3 is 2.54 bits per heavy atom. The van der Waals surface area contributed by atoms with Crippen LogP contribution in [0.2, 0.25) is 0 Å². The number of amides is 5. The smallest absolute Gasteiger partial charge is 0.327 e. The minimum absolute atomic E-state index is 0.0479. The first kappa shape index (κ1) is 26.4. The first-order valence-electron chi connectivity index (χ1n) is 13.2. The molecule has 2 aliphatic rings. The summed E-state index contributed by atoms with van der Waals surface area (Å²) in [5, 5.41) is 5.72. The van der Waals surface area contributed by atoms with E-state index in [0.29, 0.717) is 44.5 Å². The van der Waals surface area contributed by atoms with Gasteiger partial charge in [0.05, 0.1) is 18.7 Å². The van der Waals surface area contributed by atoms with Gasteiger partial charge in [0, 0.05) is 25.6 Å². The number of nitrogens with zero attached hydrogens (tertiary/aromatic N) is 2. The van der Waals surface area contributed by atoms with Gasteiger partial charge in [-0.1, -0.05) is 43.2 Å². The van der Waals surface area contributed by atoms with Crippen molar-refractivity contribution in [2.24, 2.45) is 5.92 Å². The highest BCUT2D eigenvalue weighted by molar-refractivity contribution is 6.00. The molecule has 5 amide bonds. The molecule has 9 heteroatoms. The molecule has 2 aromatic rings. The first-order valence-corrected chi connectivity index (χ1v) is 13.2. The summed E-state index contributed by atoms with van der Waals surface area (Å²) in [4.78, 5) is 54.3. The molecular formula is C28H36N4O5. The SMILES string of the molecule is O=C(CCCCN1C(=O)C2CCCCC2N(CC(=O)NCCc2ccccc2)C1=O)NCc1ccco1. The number of rotatable bonds is 12. The highest BCUT2D eigenvalue weighted by Gasteiger charge is 2.47.